The van der Waals surface area contributed by atoms with Crippen LogP contribution in [-0.2, 0) is 0 Å². The Bertz CT molecular complexity index is 8690. The van der Waals surface area contributed by atoms with Gasteiger partial charge in [0.2, 0.25) is 0 Å². The molecule has 0 saturated heterocycles. The normalized spacial score (nSPS) is 11.1. The molecule has 0 amide bonds. The molecule has 0 saturated carbocycles. The van der Waals surface area contributed by atoms with Gasteiger partial charge in [0, 0.05) is 168 Å². The molecular weight excluding hydrogens is 1710 g/mol. The van der Waals surface area contributed by atoms with Gasteiger partial charge in [0.25, 0.3) is 0 Å². The second-order valence-corrected chi connectivity index (χ2v) is 30.8. The van der Waals surface area contributed by atoms with Crippen LogP contribution in [-0.4, -0.2) is 146 Å². The molecule has 134 heavy (non-hydrogen) atoms. The number of halogens is 1. The predicted octanol–water partition coefficient (Wildman–Crippen LogP) is 17.3. The van der Waals surface area contributed by atoms with Crippen molar-refractivity contribution in [3.8, 4) is 63.0 Å². The van der Waals surface area contributed by atoms with E-state index in [1.54, 1.807) is 84.7 Å². The first kappa shape index (κ1) is 85.5. The minimum Gasteiger partial charge on any atom is -0.537 e. The van der Waals surface area contributed by atoms with Crippen LogP contribution in [0.5, 0.6) is 28.9 Å². The number of para-hydroxylation sites is 2. The standard InChI is InChI=1S/C34H20BN4O2S.C19H11BNO3.C18H10BN2O3.C12H7BFN2O2.C12H8BN2O2.C4H5BN2O2/c40-35-41-29-15-16-36-28-19-23-25(18-27(28)29)31-24(22-13-7-8-14-30(22)42-31)17-26(23)34-38-32(20-9-3-1-4-10-20)37-33(39-34)21-11-5-2-6-12-21;22-20-24-18-8-6-12-9-15-11(10-16(12)21-18)5-7-14-13-3-1-2-4-17(13)23-19(14)15;22-19-24-15-7-8-20-16-11(15)5-6-12-17(16)21-9-13-10-3-1-2-4-14(10)23-18(12)13;14-9-3-5-15-11-7(9)1-2-8-10(18-13-17)4-6-16-12(8)11;16-13-17-10-5-7-15-12-9(10)4-3-8-2-1-6-14-11(8)12;8-5(9)4-6-2-1-3-7-4/h1-19,40H;1-10,22H;1-9,22H;1-6,17H;1-7,16H;1-3,8-9H. The van der Waals surface area contributed by atoms with Gasteiger partial charge in [-0.1, -0.05) is 133 Å². The second-order valence-electron chi connectivity index (χ2n) is 29.8. The van der Waals surface area contributed by atoms with Gasteiger partial charge in [-0.3, -0.25) is 34.9 Å². The number of thiophene rings is 1. The van der Waals surface area contributed by atoms with Crippen molar-refractivity contribution >= 4 is 235 Å². The van der Waals surface area contributed by atoms with Crippen molar-refractivity contribution in [1.82, 2.24) is 64.8 Å². The molecule has 637 valence electrons. The summed E-state index contributed by atoms with van der Waals surface area (Å²) in [6.07, 6.45) is 14.3. The summed E-state index contributed by atoms with van der Waals surface area (Å²) < 4.78 is 53.6. The van der Waals surface area contributed by atoms with Crippen molar-refractivity contribution in [3.05, 3.63) is 335 Å². The Morgan fingerprint density at radius 3 is 1.40 bits per heavy atom. The maximum absolute atomic E-state index is 13.6. The number of aromatic nitrogens is 13. The Morgan fingerprint density at radius 1 is 0.299 bits per heavy atom. The van der Waals surface area contributed by atoms with Crippen LogP contribution in [0.4, 0.5) is 4.39 Å². The summed E-state index contributed by atoms with van der Waals surface area (Å²) in [5.41, 5.74) is 11.7. The van der Waals surface area contributed by atoms with Gasteiger partial charge < -0.3 is 67.3 Å². The number of furan rings is 2. The highest BCUT2D eigenvalue weighted by atomic mass is 32.1. The Morgan fingerprint density at radius 2 is 0.776 bits per heavy atom. The van der Waals surface area contributed by atoms with E-state index in [4.69, 9.17) is 77.2 Å². The topological polar surface area (TPSA) is 382 Å². The number of rotatable bonds is 14. The Kier molecular flexibility index (Phi) is 24.4. The summed E-state index contributed by atoms with van der Waals surface area (Å²) >= 11 is 1.75. The van der Waals surface area contributed by atoms with Crippen molar-refractivity contribution < 1.29 is 71.7 Å². The predicted molar refractivity (Wildman–Crippen MR) is 522 cm³/mol. The molecule has 5 radical (unpaired) electrons. The molecule has 7 N–H and O–H groups in total. The van der Waals surface area contributed by atoms with E-state index in [1.165, 1.54) is 40.9 Å². The molecule has 27 nitrogen and oxygen atoms in total. The highest BCUT2D eigenvalue weighted by Gasteiger charge is 2.23. The molecule has 13 heterocycles. The van der Waals surface area contributed by atoms with E-state index in [0.29, 0.717) is 112 Å². The van der Waals surface area contributed by atoms with Crippen LogP contribution in [0.25, 0.3) is 207 Å². The van der Waals surface area contributed by atoms with Gasteiger partial charge >= 0.3 is 45.5 Å². The number of fused-ring (bicyclic) bond motifs is 25. The first-order chi connectivity index (χ1) is 66.0. The van der Waals surface area contributed by atoms with E-state index in [9.17, 15) is 9.41 Å². The highest BCUT2D eigenvalue weighted by molar-refractivity contribution is 7.26. The van der Waals surface area contributed by atoms with E-state index in [0.717, 1.165) is 152 Å². The van der Waals surface area contributed by atoms with E-state index in [1.807, 2.05) is 158 Å². The molecule has 12 aromatic carbocycles. The van der Waals surface area contributed by atoms with E-state index in [-0.39, 0.29) is 11.5 Å². The smallest absolute Gasteiger partial charge is 0.537 e. The molecule has 25 aromatic rings. The van der Waals surface area contributed by atoms with Gasteiger partial charge in [0.1, 0.15) is 73.2 Å². The van der Waals surface area contributed by atoms with Crippen LogP contribution >= 0.6 is 11.3 Å². The third-order valence-corrected chi connectivity index (χ3v) is 23.3. The molecule has 0 aliphatic rings. The van der Waals surface area contributed by atoms with Crippen LogP contribution in [0.3, 0.4) is 0 Å². The summed E-state index contributed by atoms with van der Waals surface area (Å²) in [5.74, 6) is 3.86. The maximum Gasteiger partial charge on any atom is 0.570 e. The highest BCUT2D eigenvalue weighted by Crippen LogP contribution is 2.46. The summed E-state index contributed by atoms with van der Waals surface area (Å²) in [6, 6.07) is 87.1. The number of hydrogen-bond donors (Lipinski definition) is 7. The van der Waals surface area contributed by atoms with Crippen molar-refractivity contribution in [2.24, 2.45) is 0 Å². The number of hydrogen-bond acceptors (Lipinski definition) is 28. The average Bonchev–Trinajstić information content (AvgIpc) is 1.52. The van der Waals surface area contributed by atoms with Gasteiger partial charge in [0.15, 0.2) is 29.1 Å². The lowest BCUT2D eigenvalue weighted by Crippen LogP contribution is -2.34. The largest absolute Gasteiger partial charge is 0.570 e. The number of pyridine rings is 8. The molecule has 0 bridgehead atoms. The molecule has 0 unspecified atom stereocenters. The van der Waals surface area contributed by atoms with Gasteiger partial charge in [0.05, 0.1) is 22.1 Å². The zero-order valence-corrected chi connectivity index (χ0v) is 70.5. The zero-order chi connectivity index (χ0) is 91.1. The fourth-order valence-electron chi connectivity index (χ4n) is 16.1. The van der Waals surface area contributed by atoms with E-state index >= 15 is 0 Å². The van der Waals surface area contributed by atoms with Gasteiger partial charge in [-0.25, -0.2) is 34.3 Å². The lowest BCUT2D eigenvalue weighted by Gasteiger charge is -2.13. The molecule has 13 aromatic heterocycles. The van der Waals surface area contributed by atoms with Crippen LogP contribution < -0.4 is 29.0 Å². The second kappa shape index (κ2) is 38.2. The lowest BCUT2D eigenvalue weighted by atomic mass is 9.91. The fourth-order valence-corrected chi connectivity index (χ4v) is 17.4. The minimum atomic E-state index is -1.56. The molecule has 0 atom stereocenters. The summed E-state index contributed by atoms with van der Waals surface area (Å²) in [5, 5.41) is 78.4. The Labute approximate surface area is 764 Å². The minimum absolute atomic E-state index is 0.0255. The molecule has 25 rings (SSSR count). The quantitative estimate of drug-likeness (QED) is 0.0302. The molecule has 0 fully saturated rings. The average molecular weight is 1770 g/mol. The van der Waals surface area contributed by atoms with Crippen LogP contribution in [0.15, 0.2) is 338 Å². The fraction of sp³-hybridized carbons (Fsp3) is 0. The number of nitrogens with zero attached hydrogens (tertiary/aromatic N) is 13. The monoisotopic (exact) mass is 1770 g/mol. The van der Waals surface area contributed by atoms with Gasteiger partial charge in [-0.2, -0.15) is 0 Å². The van der Waals surface area contributed by atoms with Crippen LogP contribution in [0.1, 0.15) is 0 Å². The molecule has 0 aliphatic carbocycles. The summed E-state index contributed by atoms with van der Waals surface area (Å²) in [4.78, 5) is 57.2. The van der Waals surface area contributed by atoms with Crippen molar-refractivity contribution in [1.29, 1.82) is 0 Å². The first-order valence-corrected chi connectivity index (χ1v) is 42.2. The maximum atomic E-state index is 13.6. The van der Waals surface area contributed by atoms with Crippen molar-refractivity contribution in [3.63, 3.8) is 0 Å². The van der Waals surface area contributed by atoms with Crippen molar-refractivity contribution in [2.75, 3.05) is 0 Å². The molecule has 35 heteroatoms. The molecular formula is C99H61B6FN13O14S. The lowest BCUT2D eigenvalue weighted by molar-refractivity contribution is 0.422. The third kappa shape index (κ3) is 17.0. The zero-order valence-electron chi connectivity index (χ0n) is 69.7. The SMILES string of the molecule is OB(O)c1ncccn1.O[B]Oc1ccc2cc3c(ccc4c5ccccc5oc34)cc2n1.O[B]Oc1ccnc2c1ccc1c(F)ccnc12.O[B]Oc1ccnc2c1ccc1c2ncc2c3ccccc3oc21.O[B]Oc1ccnc2c1ccc1cccnc12.O[B]Oc1ccnc2cc3c(-c4nc(-c5ccccc5)nc(-c5ccccc5)n4)cc4c5ccccc5sc4c3cc12. The Hall–Kier alpha value is -16.6. The van der Waals surface area contributed by atoms with Crippen molar-refractivity contribution in [2.45, 2.75) is 0 Å². The van der Waals surface area contributed by atoms with Gasteiger partial charge in [-0.15, -0.1) is 11.3 Å². The third-order valence-electron chi connectivity index (χ3n) is 22.1. The number of benzene rings is 12. The molecule has 0 spiro atoms. The summed E-state index contributed by atoms with van der Waals surface area (Å²) in [6.45, 7) is 0. The van der Waals surface area contributed by atoms with Crippen LogP contribution in [0.2, 0.25) is 0 Å². The summed E-state index contributed by atoms with van der Waals surface area (Å²) in [7, 11) is 1.69. The van der Waals surface area contributed by atoms with E-state index in [2.05, 4.69) is 117 Å². The van der Waals surface area contributed by atoms with Crippen LogP contribution in [0, 0.1) is 5.82 Å². The van der Waals surface area contributed by atoms with Gasteiger partial charge in [-0.05, 0) is 150 Å². The Balaban J connectivity index is 0.000000106. The van der Waals surface area contributed by atoms with E-state index < -0.39 is 7.12 Å². The first-order valence-electron chi connectivity index (χ1n) is 41.3. The molecule has 0 aliphatic heterocycles.